The van der Waals surface area contributed by atoms with E-state index >= 15 is 0 Å². The van der Waals surface area contributed by atoms with Gasteiger partial charge in [-0.2, -0.15) is 5.26 Å². The van der Waals surface area contributed by atoms with Gasteiger partial charge in [0.2, 0.25) is 0 Å². The largest absolute Gasteiger partial charge is 0.492 e. The maximum absolute atomic E-state index is 13.4. The summed E-state index contributed by atoms with van der Waals surface area (Å²) in [5.74, 6) is 0.217. The molecule has 9 nitrogen and oxygen atoms in total. The topological polar surface area (TPSA) is 113 Å². The number of fused-ring (bicyclic) bond motifs is 2. The van der Waals surface area contributed by atoms with E-state index < -0.39 is 5.60 Å². The number of nitriles is 1. The third-order valence-electron chi connectivity index (χ3n) is 9.55. The Morgan fingerprint density at radius 3 is 2.63 bits per heavy atom. The highest BCUT2D eigenvalue weighted by molar-refractivity contribution is 6.33. The van der Waals surface area contributed by atoms with Crippen molar-refractivity contribution in [2.75, 3.05) is 66.3 Å². The Bertz CT molecular complexity index is 1640. The van der Waals surface area contributed by atoms with Gasteiger partial charge in [0.15, 0.2) is 0 Å². The zero-order valence-electron chi connectivity index (χ0n) is 28.7. The number of carbonyl (C=O) groups excluding carboxylic acids is 1. The number of amides is 1. The van der Waals surface area contributed by atoms with Crippen molar-refractivity contribution in [3.8, 4) is 11.8 Å². The first-order valence-electron chi connectivity index (χ1n) is 17.0. The van der Waals surface area contributed by atoms with Crippen molar-refractivity contribution in [3.63, 3.8) is 0 Å². The lowest BCUT2D eigenvalue weighted by Crippen LogP contribution is -2.45. The van der Waals surface area contributed by atoms with Gasteiger partial charge in [-0.05, 0) is 99.8 Å². The molecule has 0 saturated carbocycles. The molecule has 0 radical (unpaired) electrons. The number of hydrogen-bond donors (Lipinski definition) is 2. The number of anilines is 1. The van der Waals surface area contributed by atoms with Gasteiger partial charge in [0, 0.05) is 51.4 Å². The van der Waals surface area contributed by atoms with Gasteiger partial charge < -0.3 is 35.1 Å². The van der Waals surface area contributed by atoms with Crippen LogP contribution in [0, 0.1) is 17.1 Å². The second-order valence-corrected chi connectivity index (χ2v) is 13.6. The number of benzene rings is 3. The van der Waals surface area contributed by atoms with E-state index in [9.17, 15) is 9.18 Å². The van der Waals surface area contributed by atoms with Crippen LogP contribution in [0.25, 0.3) is 0 Å². The second-order valence-electron chi connectivity index (χ2n) is 13.2. The van der Waals surface area contributed by atoms with E-state index in [1.54, 1.807) is 25.3 Å². The number of carbonyl (C=O) groups is 1. The molecule has 262 valence electrons. The molecule has 1 atom stereocenters. The molecule has 3 N–H and O–H groups in total. The van der Waals surface area contributed by atoms with Gasteiger partial charge in [0.05, 0.1) is 41.1 Å². The van der Waals surface area contributed by atoms with Crippen LogP contribution in [-0.2, 0) is 28.1 Å². The zero-order valence-corrected chi connectivity index (χ0v) is 29.5. The van der Waals surface area contributed by atoms with E-state index in [4.69, 9.17) is 36.8 Å². The molecule has 49 heavy (non-hydrogen) atoms. The van der Waals surface area contributed by atoms with Gasteiger partial charge in [-0.1, -0.05) is 29.8 Å². The second kappa shape index (κ2) is 16.8. The number of nitrogens with one attached hydrogen (secondary N) is 1. The molecule has 1 unspecified atom stereocenters. The van der Waals surface area contributed by atoms with Crippen LogP contribution in [0.2, 0.25) is 5.02 Å². The minimum atomic E-state index is -0.562. The van der Waals surface area contributed by atoms with Gasteiger partial charge in [-0.3, -0.25) is 4.79 Å². The Hall–Kier alpha value is -3.72. The molecule has 6 rings (SSSR count). The molecule has 3 aliphatic heterocycles. The van der Waals surface area contributed by atoms with Gasteiger partial charge in [-0.25, -0.2) is 4.39 Å². The number of nitrogen functional groups attached to an aromatic ring is 1. The Morgan fingerprint density at radius 2 is 1.94 bits per heavy atom. The van der Waals surface area contributed by atoms with Crippen LogP contribution in [0.1, 0.15) is 70.3 Å². The van der Waals surface area contributed by atoms with E-state index in [2.05, 4.69) is 21.2 Å². The van der Waals surface area contributed by atoms with Crippen LogP contribution >= 0.6 is 11.6 Å². The lowest BCUT2D eigenvalue weighted by molar-refractivity contribution is -0.0140. The van der Waals surface area contributed by atoms with Crippen molar-refractivity contribution in [1.29, 1.82) is 5.26 Å². The third-order valence-corrected chi connectivity index (χ3v) is 9.86. The maximum Gasteiger partial charge on any atom is 0.255 e. The Morgan fingerprint density at radius 1 is 1.18 bits per heavy atom. The van der Waals surface area contributed by atoms with Crippen LogP contribution in [-0.4, -0.2) is 82.3 Å². The lowest BCUT2D eigenvalue weighted by atomic mass is 9.81. The number of methoxy groups -OCH3 is 1. The highest BCUT2D eigenvalue weighted by Crippen LogP contribution is 2.45. The summed E-state index contributed by atoms with van der Waals surface area (Å²) in [4.78, 5) is 17.3. The van der Waals surface area contributed by atoms with Gasteiger partial charge in [-0.15, -0.1) is 0 Å². The molecule has 0 aliphatic carbocycles. The van der Waals surface area contributed by atoms with E-state index in [1.807, 2.05) is 32.3 Å². The molecular formula is C38H47ClFN5O4. The fraction of sp³-hybridized carbons (Fsp3) is 0.474. The third kappa shape index (κ3) is 8.72. The first kappa shape index (κ1) is 36.6. The summed E-state index contributed by atoms with van der Waals surface area (Å²) in [6, 6.07) is 16.3. The lowest BCUT2D eigenvalue weighted by Gasteiger charge is -2.32. The van der Waals surface area contributed by atoms with Crippen LogP contribution in [0.3, 0.4) is 0 Å². The summed E-state index contributed by atoms with van der Waals surface area (Å²) in [7, 11) is 5.83. The van der Waals surface area contributed by atoms with Gasteiger partial charge >= 0.3 is 0 Å². The maximum atomic E-state index is 13.4. The van der Waals surface area contributed by atoms with Crippen molar-refractivity contribution < 1.29 is 23.4 Å². The van der Waals surface area contributed by atoms with Crippen molar-refractivity contribution in [2.24, 2.45) is 0 Å². The minimum Gasteiger partial charge on any atom is -0.492 e. The molecule has 3 aliphatic rings. The summed E-state index contributed by atoms with van der Waals surface area (Å²) in [5.41, 5.74) is 11.0. The normalized spacial score (nSPS) is 18.6. The standard InChI is InChI=1S/C20H21FN2O.C18H26ClN3O3/c1-23(2)11-3-10-20(17-5-7-18(21)8-6-17)19-9-4-15(13-22)12-16(19)14-24-20;1-24-9-2-6-22-7-3-12(4-8-22)21-18(23)14-11-15(19)16(20)13-5-10-25-17(13)14/h4-9,12H,3,10-11,14H2,1-2H3;11-12H,2-10,20H2,1H3,(H,21,23). The number of nitrogens with zero attached hydrogens (tertiary/aromatic N) is 3. The number of halogens is 2. The predicted octanol–water partition coefficient (Wildman–Crippen LogP) is 5.90. The molecule has 3 aromatic rings. The van der Waals surface area contributed by atoms with Crippen LogP contribution in [0.5, 0.6) is 5.75 Å². The molecule has 0 bridgehead atoms. The number of piperidine rings is 1. The Labute approximate surface area is 294 Å². The summed E-state index contributed by atoms with van der Waals surface area (Å²) < 4.78 is 30.4. The first-order valence-corrected chi connectivity index (χ1v) is 17.4. The van der Waals surface area contributed by atoms with Crippen molar-refractivity contribution in [1.82, 2.24) is 15.1 Å². The molecule has 3 heterocycles. The monoisotopic (exact) mass is 691 g/mol. The molecule has 1 saturated heterocycles. The summed E-state index contributed by atoms with van der Waals surface area (Å²) in [6.07, 6.45) is 5.41. The number of likely N-dealkylation sites (tertiary alicyclic amines) is 1. The van der Waals surface area contributed by atoms with E-state index in [-0.39, 0.29) is 17.8 Å². The van der Waals surface area contributed by atoms with E-state index in [0.29, 0.717) is 47.2 Å². The molecule has 1 amide bonds. The zero-order chi connectivity index (χ0) is 35.0. The smallest absolute Gasteiger partial charge is 0.255 e. The predicted molar refractivity (Wildman–Crippen MR) is 189 cm³/mol. The molecule has 0 aromatic heterocycles. The number of ether oxygens (including phenoxy) is 3. The van der Waals surface area contributed by atoms with E-state index in [1.165, 1.54) is 12.1 Å². The highest BCUT2D eigenvalue weighted by Gasteiger charge is 2.41. The average molecular weight is 692 g/mol. The minimum absolute atomic E-state index is 0.127. The van der Waals surface area contributed by atoms with Crippen LogP contribution in [0.4, 0.5) is 10.1 Å². The molecule has 11 heteroatoms. The molecule has 1 fully saturated rings. The number of hydrogen-bond acceptors (Lipinski definition) is 8. The van der Waals surface area contributed by atoms with Crippen molar-refractivity contribution in [3.05, 3.63) is 92.8 Å². The highest BCUT2D eigenvalue weighted by atomic mass is 35.5. The fourth-order valence-electron chi connectivity index (χ4n) is 6.94. The number of rotatable bonds is 11. The Balaban J connectivity index is 0.000000191. The molecular weight excluding hydrogens is 645 g/mol. The van der Waals surface area contributed by atoms with Crippen molar-refractivity contribution in [2.45, 2.75) is 56.8 Å². The molecule has 0 spiro atoms. The fourth-order valence-corrected chi connectivity index (χ4v) is 7.16. The van der Waals surface area contributed by atoms with Crippen molar-refractivity contribution >= 4 is 23.2 Å². The Kier molecular flexibility index (Phi) is 12.5. The van der Waals surface area contributed by atoms with Crippen LogP contribution in [0.15, 0.2) is 48.5 Å². The average Bonchev–Trinajstić information content (AvgIpc) is 3.74. The van der Waals surface area contributed by atoms with Crippen LogP contribution < -0.4 is 15.8 Å². The molecule has 3 aromatic carbocycles. The summed E-state index contributed by atoms with van der Waals surface area (Å²) in [6.45, 7) is 5.79. The SMILES string of the molecule is CN(C)CCCC1(c2ccc(F)cc2)OCc2cc(C#N)ccc21.COCCCN1CCC(NC(=O)c2cc(Cl)c(N)c3c2OCC3)CC1. The quantitative estimate of drug-likeness (QED) is 0.189. The summed E-state index contributed by atoms with van der Waals surface area (Å²) in [5, 5.41) is 12.7. The van der Waals surface area contributed by atoms with Gasteiger partial charge in [0.1, 0.15) is 17.2 Å². The van der Waals surface area contributed by atoms with Gasteiger partial charge in [0.25, 0.3) is 5.91 Å². The number of nitrogens with two attached hydrogens (primary N) is 1. The first-order chi connectivity index (χ1) is 23.6. The summed E-state index contributed by atoms with van der Waals surface area (Å²) >= 11 is 6.19. The van der Waals surface area contributed by atoms with E-state index in [0.717, 1.165) is 87.1 Å².